The third-order valence-electron chi connectivity index (χ3n) is 3.43. The Morgan fingerprint density at radius 1 is 1.30 bits per heavy atom. The maximum Gasteiger partial charge on any atom is 0.165 e. The second kappa shape index (κ2) is 11.0. The van der Waals surface area contributed by atoms with Crippen LogP contribution in [-0.2, 0) is 11.3 Å². The van der Waals surface area contributed by atoms with Gasteiger partial charge >= 0.3 is 0 Å². The quantitative estimate of drug-likeness (QED) is 0.473. The summed E-state index contributed by atoms with van der Waals surface area (Å²) >= 11 is 0. The highest BCUT2D eigenvalue weighted by Gasteiger charge is 2.16. The van der Waals surface area contributed by atoms with E-state index in [4.69, 9.17) is 14.2 Å². The molecule has 0 aliphatic carbocycles. The van der Waals surface area contributed by atoms with Gasteiger partial charge in [0.15, 0.2) is 11.5 Å². The van der Waals surface area contributed by atoms with E-state index in [9.17, 15) is 5.11 Å². The first-order chi connectivity index (χ1) is 11.2. The van der Waals surface area contributed by atoms with Crippen molar-refractivity contribution in [3.8, 4) is 11.5 Å². The topological polar surface area (TPSA) is 51.2 Å². The van der Waals surface area contributed by atoms with Gasteiger partial charge in [-0.2, -0.15) is 0 Å². The fourth-order valence-electron chi connectivity index (χ4n) is 2.51. The Bertz CT molecular complexity index is 464. The number of rotatable bonds is 12. The smallest absolute Gasteiger partial charge is 0.165 e. The summed E-state index contributed by atoms with van der Waals surface area (Å²) in [4.78, 5) is 2.19. The number of nitrogens with zero attached hydrogens (tertiary/aromatic N) is 1. The normalized spacial score (nSPS) is 12.2. The Morgan fingerprint density at radius 3 is 2.70 bits per heavy atom. The molecule has 5 heteroatoms. The summed E-state index contributed by atoms with van der Waals surface area (Å²) in [5.41, 5.74) is 1.04. The molecule has 0 aliphatic heterocycles. The Balaban J connectivity index is 2.73. The lowest BCUT2D eigenvalue weighted by Crippen LogP contribution is -2.35. The molecule has 0 saturated carbocycles. The van der Waals surface area contributed by atoms with E-state index >= 15 is 0 Å². The monoisotopic (exact) mass is 323 g/mol. The Hall–Kier alpha value is -1.56. The third-order valence-corrected chi connectivity index (χ3v) is 3.43. The van der Waals surface area contributed by atoms with Gasteiger partial charge in [0.25, 0.3) is 0 Å². The van der Waals surface area contributed by atoms with Crippen LogP contribution in [0.5, 0.6) is 11.5 Å². The molecule has 1 N–H and O–H groups in total. The predicted octanol–water partition coefficient (Wildman–Crippen LogP) is 2.48. The maximum absolute atomic E-state index is 10.1. The van der Waals surface area contributed by atoms with Crippen molar-refractivity contribution in [2.45, 2.75) is 26.0 Å². The first-order valence-corrected chi connectivity index (χ1v) is 7.95. The SMILES string of the molecule is C=CCOC[C@H](O)CN(CCC)Cc1cccc(OC)c1OC. The average molecular weight is 323 g/mol. The Morgan fingerprint density at radius 2 is 2.09 bits per heavy atom. The zero-order valence-corrected chi connectivity index (χ0v) is 14.5. The second-order valence-corrected chi connectivity index (χ2v) is 5.37. The van der Waals surface area contributed by atoms with Crippen LogP contribution in [0.4, 0.5) is 0 Å². The fraction of sp³-hybridized carbons (Fsp3) is 0.556. The van der Waals surface area contributed by atoms with E-state index in [2.05, 4.69) is 18.4 Å². The second-order valence-electron chi connectivity index (χ2n) is 5.37. The van der Waals surface area contributed by atoms with Crippen molar-refractivity contribution in [1.82, 2.24) is 4.90 Å². The van der Waals surface area contributed by atoms with Crippen LogP contribution in [0.1, 0.15) is 18.9 Å². The largest absolute Gasteiger partial charge is 0.493 e. The van der Waals surface area contributed by atoms with E-state index in [-0.39, 0.29) is 0 Å². The highest BCUT2D eigenvalue weighted by Crippen LogP contribution is 2.31. The molecule has 0 aliphatic rings. The molecule has 0 bridgehead atoms. The average Bonchev–Trinajstić information content (AvgIpc) is 2.55. The van der Waals surface area contributed by atoms with E-state index in [1.54, 1.807) is 20.3 Å². The summed E-state index contributed by atoms with van der Waals surface area (Å²) < 4.78 is 16.1. The predicted molar refractivity (Wildman–Crippen MR) is 92.1 cm³/mol. The van der Waals surface area contributed by atoms with Crippen molar-refractivity contribution in [3.05, 3.63) is 36.4 Å². The van der Waals surface area contributed by atoms with Crippen molar-refractivity contribution in [2.75, 3.05) is 40.5 Å². The maximum atomic E-state index is 10.1. The van der Waals surface area contributed by atoms with E-state index in [0.717, 1.165) is 30.0 Å². The molecule has 0 amide bonds. The highest BCUT2D eigenvalue weighted by molar-refractivity contribution is 5.46. The van der Waals surface area contributed by atoms with Crippen LogP contribution in [0.2, 0.25) is 0 Å². The number of hydrogen-bond donors (Lipinski definition) is 1. The van der Waals surface area contributed by atoms with Gasteiger partial charge in [-0.1, -0.05) is 25.1 Å². The summed E-state index contributed by atoms with van der Waals surface area (Å²) in [5.74, 6) is 1.46. The van der Waals surface area contributed by atoms with Gasteiger partial charge in [-0.3, -0.25) is 4.90 Å². The Kier molecular flexibility index (Phi) is 9.36. The van der Waals surface area contributed by atoms with Gasteiger partial charge in [-0.15, -0.1) is 6.58 Å². The molecule has 130 valence electrons. The molecular formula is C18H29NO4. The van der Waals surface area contributed by atoms with Gasteiger partial charge in [-0.05, 0) is 19.0 Å². The van der Waals surface area contributed by atoms with Crippen LogP contribution >= 0.6 is 0 Å². The van der Waals surface area contributed by atoms with Gasteiger partial charge in [0.1, 0.15) is 0 Å². The molecule has 0 fully saturated rings. The molecule has 0 radical (unpaired) electrons. The lowest BCUT2D eigenvalue weighted by molar-refractivity contribution is 0.0245. The van der Waals surface area contributed by atoms with Crippen molar-refractivity contribution in [3.63, 3.8) is 0 Å². The van der Waals surface area contributed by atoms with Crippen molar-refractivity contribution in [1.29, 1.82) is 0 Å². The molecule has 23 heavy (non-hydrogen) atoms. The molecule has 0 spiro atoms. The molecule has 0 heterocycles. The van der Waals surface area contributed by atoms with E-state index < -0.39 is 6.10 Å². The molecule has 1 aromatic carbocycles. The molecule has 1 aromatic rings. The highest BCUT2D eigenvalue weighted by atomic mass is 16.5. The molecule has 1 rings (SSSR count). The molecule has 1 atom stereocenters. The van der Waals surface area contributed by atoms with Gasteiger partial charge in [0, 0.05) is 18.7 Å². The van der Waals surface area contributed by atoms with Crippen LogP contribution in [0, 0.1) is 0 Å². The van der Waals surface area contributed by atoms with Gasteiger partial charge < -0.3 is 19.3 Å². The van der Waals surface area contributed by atoms with Crippen LogP contribution in [0.25, 0.3) is 0 Å². The summed E-state index contributed by atoms with van der Waals surface area (Å²) in [7, 11) is 3.27. The lowest BCUT2D eigenvalue weighted by Gasteiger charge is -2.25. The van der Waals surface area contributed by atoms with Crippen LogP contribution in [0.15, 0.2) is 30.9 Å². The zero-order chi connectivity index (χ0) is 17.1. The van der Waals surface area contributed by atoms with Gasteiger partial charge in [0.05, 0.1) is 33.5 Å². The lowest BCUT2D eigenvalue weighted by atomic mass is 10.1. The summed E-state index contributed by atoms with van der Waals surface area (Å²) in [6.07, 6.45) is 2.16. The van der Waals surface area contributed by atoms with E-state index in [1.807, 2.05) is 18.2 Å². The molecular weight excluding hydrogens is 294 g/mol. The van der Waals surface area contributed by atoms with Gasteiger partial charge in [0.2, 0.25) is 0 Å². The number of methoxy groups -OCH3 is 2. The first kappa shape index (κ1) is 19.5. The first-order valence-electron chi connectivity index (χ1n) is 7.95. The number of hydrogen-bond acceptors (Lipinski definition) is 5. The Labute approximate surface area is 139 Å². The molecule has 0 saturated heterocycles. The summed E-state index contributed by atoms with van der Waals surface area (Å²) in [5, 5.41) is 10.1. The number of aliphatic hydroxyl groups is 1. The van der Waals surface area contributed by atoms with Crippen LogP contribution < -0.4 is 9.47 Å². The zero-order valence-electron chi connectivity index (χ0n) is 14.5. The van der Waals surface area contributed by atoms with E-state index in [1.165, 1.54) is 0 Å². The fourth-order valence-corrected chi connectivity index (χ4v) is 2.51. The minimum atomic E-state index is -0.530. The van der Waals surface area contributed by atoms with Crippen molar-refractivity contribution >= 4 is 0 Å². The van der Waals surface area contributed by atoms with E-state index in [0.29, 0.717) is 26.3 Å². The molecule has 5 nitrogen and oxygen atoms in total. The number of aliphatic hydroxyl groups excluding tert-OH is 1. The standard InChI is InChI=1S/C18H29NO4/c1-5-10-19(13-16(20)14-23-11-6-2)12-15-8-7-9-17(21-3)18(15)22-4/h6-9,16,20H,2,5,10-14H2,1,3-4H3/t16-/m1/s1. The third kappa shape index (κ3) is 6.60. The number of ether oxygens (including phenoxy) is 3. The minimum absolute atomic E-state index is 0.307. The molecule has 0 unspecified atom stereocenters. The van der Waals surface area contributed by atoms with Crippen LogP contribution in [0.3, 0.4) is 0 Å². The van der Waals surface area contributed by atoms with Crippen molar-refractivity contribution in [2.24, 2.45) is 0 Å². The summed E-state index contributed by atoms with van der Waals surface area (Å²) in [6, 6.07) is 5.85. The van der Waals surface area contributed by atoms with Crippen molar-refractivity contribution < 1.29 is 19.3 Å². The van der Waals surface area contributed by atoms with Gasteiger partial charge in [-0.25, -0.2) is 0 Å². The van der Waals surface area contributed by atoms with Crippen LogP contribution in [-0.4, -0.2) is 56.6 Å². The minimum Gasteiger partial charge on any atom is -0.493 e. The number of benzene rings is 1. The number of para-hydroxylation sites is 1. The summed E-state index contributed by atoms with van der Waals surface area (Å²) in [6.45, 7) is 8.60. The molecule has 0 aromatic heterocycles.